The Labute approximate surface area is 139 Å². The molecule has 5 heteroatoms. The van der Waals surface area contributed by atoms with Gasteiger partial charge in [-0.3, -0.25) is 0 Å². The molecule has 0 unspecified atom stereocenters. The Kier molecular flexibility index (Phi) is 4.48. The van der Waals surface area contributed by atoms with E-state index in [1.807, 2.05) is 41.8 Å². The van der Waals surface area contributed by atoms with Crippen LogP contribution in [0.2, 0.25) is 0 Å². The second-order valence-corrected chi connectivity index (χ2v) is 5.60. The summed E-state index contributed by atoms with van der Waals surface area (Å²) in [6, 6.07) is 14.6. The van der Waals surface area contributed by atoms with Crippen LogP contribution in [0.5, 0.6) is 17.2 Å². The highest BCUT2D eigenvalue weighted by atomic mass is 32.1. The standard InChI is InChI=1S/C18H16NO3S/c1-20-15-9-13(10-16(21-2)17(15)22-3)14-11-23-18(19-14)12-7-5-4-6-8-12/h5-11H,1-3H3. The SMILES string of the molecule is COc1cc(-c2csc(-c3cc[c]cc3)n2)cc(OC)c1OC. The molecule has 0 bridgehead atoms. The van der Waals surface area contributed by atoms with E-state index in [9.17, 15) is 0 Å². The van der Waals surface area contributed by atoms with E-state index in [1.165, 1.54) is 0 Å². The largest absolute Gasteiger partial charge is 0.493 e. The van der Waals surface area contributed by atoms with Crippen LogP contribution in [0.15, 0.2) is 41.8 Å². The first-order chi connectivity index (χ1) is 11.3. The van der Waals surface area contributed by atoms with Crippen LogP contribution in [-0.2, 0) is 0 Å². The van der Waals surface area contributed by atoms with Crippen LogP contribution in [0, 0.1) is 6.07 Å². The molecular weight excluding hydrogens is 310 g/mol. The topological polar surface area (TPSA) is 40.6 Å². The van der Waals surface area contributed by atoms with Gasteiger partial charge in [-0.05, 0) is 18.2 Å². The van der Waals surface area contributed by atoms with Crippen molar-refractivity contribution in [1.82, 2.24) is 4.98 Å². The minimum absolute atomic E-state index is 0.577. The van der Waals surface area contributed by atoms with Crippen molar-refractivity contribution < 1.29 is 14.2 Å². The zero-order chi connectivity index (χ0) is 16.2. The molecule has 3 aromatic rings. The number of nitrogens with zero attached hydrogens (tertiary/aromatic N) is 1. The third kappa shape index (κ3) is 3.00. The van der Waals surface area contributed by atoms with Gasteiger partial charge in [-0.2, -0.15) is 0 Å². The van der Waals surface area contributed by atoms with Crippen molar-refractivity contribution in [3.05, 3.63) is 47.8 Å². The number of hydrogen-bond donors (Lipinski definition) is 0. The zero-order valence-corrected chi connectivity index (χ0v) is 13.9. The molecule has 0 fully saturated rings. The number of rotatable bonds is 5. The highest BCUT2D eigenvalue weighted by molar-refractivity contribution is 7.13. The third-order valence-corrected chi connectivity index (χ3v) is 4.32. The lowest BCUT2D eigenvalue weighted by molar-refractivity contribution is 0.324. The summed E-state index contributed by atoms with van der Waals surface area (Å²) in [6.45, 7) is 0. The second-order valence-electron chi connectivity index (χ2n) is 4.74. The number of benzene rings is 2. The lowest BCUT2D eigenvalue weighted by Gasteiger charge is -2.13. The summed E-state index contributed by atoms with van der Waals surface area (Å²) in [6.07, 6.45) is 0. The van der Waals surface area contributed by atoms with Gasteiger partial charge in [-0.15, -0.1) is 11.3 Å². The first kappa shape index (κ1) is 15.4. The van der Waals surface area contributed by atoms with Gasteiger partial charge < -0.3 is 14.2 Å². The van der Waals surface area contributed by atoms with Gasteiger partial charge in [0.15, 0.2) is 11.5 Å². The Morgan fingerprint density at radius 1 is 0.913 bits per heavy atom. The van der Waals surface area contributed by atoms with Crippen molar-refractivity contribution in [1.29, 1.82) is 0 Å². The normalized spacial score (nSPS) is 10.4. The van der Waals surface area contributed by atoms with Gasteiger partial charge in [0.05, 0.1) is 27.0 Å². The molecule has 1 aromatic heterocycles. The molecule has 1 radical (unpaired) electrons. The van der Waals surface area contributed by atoms with Crippen LogP contribution < -0.4 is 14.2 Å². The molecule has 0 aliphatic heterocycles. The number of methoxy groups -OCH3 is 3. The second kappa shape index (κ2) is 6.71. The summed E-state index contributed by atoms with van der Waals surface area (Å²) in [5, 5.41) is 2.98. The predicted octanol–water partition coefficient (Wildman–Crippen LogP) is 4.30. The zero-order valence-electron chi connectivity index (χ0n) is 13.1. The average molecular weight is 326 g/mol. The molecule has 0 N–H and O–H groups in total. The molecule has 117 valence electrons. The molecule has 3 rings (SSSR count). The summed E-state index contributed by atoms with van der Waals surface area (Å²) >= 11 is 1.60. The minimum atomic E-state index is 0.577. The van der Waals surface area contributed by atoms with Gasteiger partial charge in [-0.1, -0.05) is 24.3 Å². The maximum Gasteiger partial charge on any atom is 0.203 e. The first-order valence-electron chi connectivity index (χ1n) is 6.99. The summed E-state index contributed by atoms with van der Waals surface area (Å²) in [5.74, 6) is 1.81. The van der Waals surface area contributed by atoms with Gasteiger partial charge >= 0.3 is 0 Å². The number of aromatic nitrogens is 1. The number of hydrogen-bond acceptors (Lipinski definition) is 5. The van der Waals surface area contributed by atoms with Gasteiger partial charge in [0.1, 0.15) is 5.01 Å². The van der Waals surface area contributed by atoms with E-state index < -0.39 is 0 Å². The van der Waals surface area contributed by atoms with Crippen molar-refractivity contribution in [2.24, 2.45) is 0 Å². The van der Waals surface area contributed by atoms with Crippen molar-refractivity contribution in [2.45, 2.75) is 0 Å². The van der Waals surface area contributed by atoms with Gasteiger partial charge in [0, 0.05) is 16.5 Å². The van der Waals surface area contributed by atoms with Crippen molar-refractivity contribution in [3.8, 4) is 39.1 Å². The average Bonchev–Trinajstić information content (AvgIpc) is 3.11. The van der Waals surface area contributed by atoms with E-state index in [-0.39, 0.29) is 0 Å². The molecule has 0 spiro atoms. The van der Waals surface area contributed by atoms with Crippen LogP contribution in [0.4, 0.5) is 0 Å². The van der Waals surface area contributed by atoms with E-state index in [1.54, 1.807) is 32.7 Å². The smallest absolute Gasteiger partial charge is 0.203 e. The summed E-state index contributed by atoms with van der Waals surface area (Å²) in [4.78, 5) is 4.71. The quantitative estimate of drug-likeness (QED) is 0.701. The monoisotopic (exact) mass is 326 g/mol. The van der Waals surface area contributed by atoms with Crippen LogP contribution in [0.1, 0.15) is 0 Å². The molecule has 0 saturated carbocycles. The Balaban J connectivity index is 2.04. The summed E-state index contributed by atoms with van der Waals surface area (Å²) < 4.78 is 16.1. The fraction of sp³-hybridized carbons (Fsp3) is 0.167. The fourth-order valence-corrected chi connectivity index (χ4v) is 3.13. The van der Waals surface area contributed by atoms with E-state index in [4.69, 9.17) is 19.2 Å². The molecule has 2 aromatic carbocycles. The first-order valence-corrected chi connectivity index (χ1v) is 7.87. The maximum absolute atomic E-state index is 5.40. The fourth-order valence-electron chi connectivity index (χ4n) is 2.30. The lowest BCUT2D eigenvalue weighted by Crippen LogP contribution is -1.95. The van der Waals surface area contributed by atoms with Gasteiger partial charge in [0.2, 0.25) is 5.75 Å². The van der Waals surface area contributed by atoms with Crippen molar-refractivity contribution in [3.63, 3.8) is 0 Å². The Morgan fingerprint density at radius 3 is 2.13 bits per heavy atom. The van der Waals surface area contributed by atoms with Crippen LogP contribution in [0.25, 0.3) is 21.8 Å². The van der Waals surface area contributed by atoms with Gasteiger partial charge in [0.25, 0.3) is 0 Å². The molecule has 0 atom stereocenters. The molecule has 23 heavy (non-hydrogen) atoms. The van der Waals surface area contributed by atoms with E-state index in [0.717, 1.165) is 21.8 Å². The molecule has 1 heterocycles. The predicted molar refractivity (Wildman–Crippen MR) is 91.5 cm³/mol. The Hall–Kier alpha value is -2.53. The maximum atomic E-state index is 5.40. The highest BCUT2D eigenvalue weighted by Crippen LogP contribution is 2.41. The summed E-state index contributed by atoms with van der Waals surface area (Å²) in [7, 11) is 4.80. The molecule has 0 aliphatic rings. The van der Waals surface area contributed by atoms with Crippen molar-refractivity contribution in [2.75, 3.05) is 21.3 Å². The molecule has 0 amide bonds. The Morgan fingerprint density at radius 2 is 1.57 bits per heavy atom. The number of ether oxygens (including phenoxy) is 3. The van der Waals surface area contributed by atoms with E-state index in [2.05, 4.69) is 6.07 Å². The Bertz CT molecular complexity index is 774. The van der Waals surface area contributed by atoms with Crippen LogP contribution in [0.3, 0.4) is 0 Å². The summed E-state index contributed by atoms with van der Waals surface area (Å²) in [5.41, 5.74) is 2.87. The molecule has 0 saturated heterocycles. The third-order valence-electron chi connectivity index (χ3n) is 3.43. The van der Waals surface area contributed by atoms with Gasteiger partial charge in [-0.25, -0.2) is 4.98 Å². The molecule has 4 nitrogen and oxygen atoms in total. The number of thiazole rings is 1. The van der Waals surface area contributed by atoms with Crippen LogP contribution >= 0.6 is 11.3 Å². The minimum Gasteiger partial charge on any atom is -0.493 e. The van der Waals surface area contributed by atoms with Crippen LogP contribution in [-0.4, -0.2) is 26.3 Å². The van der Waals surface area contributed by atoms with E-state index in [0.29, 0.717) is 17.2 Å². The van der Waals surface area contributed by atoms with E-state index >= 15 is 0 Å². The molecular formula is C18H16NO3S. The molecule has 0 aliphatic carbocycles. The lowest BCUT2D eigenvalue weighted by atomic mass is 10.1. The highest BCUT2D eigenvalue weighted by Gasteiger charge is 2.15. The van der Waals surface area contributed by atoms with Crippen molar-refractivity contribution >= 4 is 11.3 Å².